The molecule has 6 aromatic carbocycles. The topological polar surface area (TPSA) is 3.24 Å². The Morgan fingerprint density at radius 2 is 1.14 bits per heavy atom. The van der Waals surface area contributed by atoms with E-state index in [4.69, 9.17) is 0 Å². The smallest absolute Gasteiger partial charge is 0.0462 e. The van der Waals surface area contributed by atoms with Crippen LogP contribution in [0.3, 0.4) is 0 Å². The SMILES string of the molecule is C=Cc1ccc(C23CC4CC(C2)CC(c2ccc(N(c5ccc(CCCC)cc5)c5ccc(-c6ccc7c(c6)C(C)(C)c6ccccc6-7)cc5)cc2)(C4)C3)cc1. The van der Waals surface area contributed by atoms with E-state index in [1.54, 1.807) is 11.1 Å². The number of nitrogens with zero attached hydrogens (tertiary/aromatic N) is 1. The van der Waals surface area contributed by atoms with Crippen molar-refractivity contribution < 1.29 is 0 Å². The maximum absolute atomic E-state index is 4.01. The highest BCUT2D eigenvalue weighted by molar-refractivity contribution is 5.84. The molecule has 56 heavy (non-hydrogen) atoms. The average molecular weight is 730 g/mol. The second kappa shape index (κ2) is 13.5. The van der Waals surface area contributed by atoms with Gasteiger partial charge in [0, 0.05) is 22.5 Å². The Hall–Kier alpha value is -5.14. The molecule has 2 unspecified atom stereocenters. The molecule has 0 aliphatic heterocycles. The van der Waals surface area contributed by atoms with E-state index in [0.717, 1.165) is 18.3 Å². The summed E-state index contributed by atoms with van der Waals surface area (Å²) in [5, 5.41) is 0. The minimum atomic E-state index is -0.0120. The molecule has 5 aliphatic carbocycles. The van der Waals surface area contributed by atoms with Crippen LogP contribution in [0.15, 0.2) is 146 Å². The van der Waals surface area contributed by atoms with Crippen molar-refractivity contribution in [3.05, 3.63) is 179 Å². The second-order valence-corrected chi connectivity index (χ2v) is 18.5. The third-order valence-electron chi connectivity index (χ3n) is 14.6. The fourth-order valence-electron chi connectivity index (χ4n) is 12.2. The summed E-state index contributed by atoms with van der Waals surface area (Å²) in [5.41, 5.74) is 18.0. The van der Waals surface area contributed by atoms with Gasteiger partial charge in [-0.25, -0.2) is 0 Å². The first-order chi connectivity index (χ1) is 27.3. The number of hydrogen-bond acceptors (Lipinski definition) is 1. The average Bonchev–Trinajstić information content (AvgIpc) is 3.46. The van der Waals surface area contributed by atoms with E-state index in [0.29, 0.717) is 5.41 Å². The van der Waals surface area contributed by atoms with Crippen LogP contribution in [0.25, 0.3) is 28.3 Å². The third kappa shape index (κ3) is 5.80. The second-order valence-electron chi connectivity index (χ2n) is 18.5. The summed E-state index contributed by atoms with van der Waals surface area (Å²) >= 11 is 0. The van der Waals surface area contributed by atoms with Crippen LogP contribution >= 0.6 is 0 Å². The Kier molecular flexibility index (Phi) is 8.51. The molecular formula is C55H55N. The number of fused-ring (bicyclic) bond motifs is 3. The monoisotopic (exact) mass is 729 g/mol. The van der Waals surface area contributed by atoms with E-state index >= 15 is 0 Å². The number of benzene rings is 6. The molecule has 5 aliphatic rings. The molecule has 2 atom stereocenters. The third-order valence-corrected chi connectivity index (χ3v) is 14.6. The molecule has 11 rings (SSSR count). The van der Waals surface area contributed by atoms with Crippen molar-refractivity contribution in [2.24, 2.45) is 11.8 Å². The lowest BCUT2D eigenvalue weighted by Gasteiger charge is -2.63. The maximum Gasteiger partial charge on any atom is 0.0462 e. The Bertz CT molecular complexity index is 2380. The molecule has 4 bridgehead atoms. The first-order valence-electron chi connectivity index (χ1n) is 21.4. The number of hydrogen-bond donors (Lipinski definition) is 0. The minimum Gasteiger partial charge on any atom is -0.311 e. The quantitative estimate of drug-likeness (QED) is 0.136. The zero-order valence-electron chi connectivity index (χ0n) is 33.5. The van der Waals surface area contributed by atoms with Gasteiger partial charge in [-0.1, -0.05) is 137 Å². The summed E-state index contributed by atoms with van der Waals surface area (Å²) in [4.78, 5) is 2.46. The van der Waals surface area contributed by atoms with E-state index in [-0.39, 0.29) is 10.8 Å². The molecule has 0 amide bonds. The molecule has 4 fully saturated rings. The van der Waals surface area contributed by atoms with Crippen LogP contribution in [-0.4, -0.2) is 0 Å². The van der Waals surface area contributed by atoms with Crippen LogP contribution in [0.5, 0.6) is 0 Å². The van der Waals surface area contributed by atoms with Crippen LogP contribution in [0, 0.1) is 11.8 Å². The van der Waals surface area contributed by atoms with Crippen molar-refractivity contribution in [2.45, 2.75) is 94.8 Å². The Labute approximate surface area is 335 Å². The summed E-state index contributed by atoms with van der Waals surface area (Å²) in [6.45, 7) is 11.0. The molecule has 1 nitrogen and oxygen atoms in total. The highest BCUT2D eigenvalue weighted by Crippen LogP contribution is 2.66. The first-order valence-corrected chi connectivity index (χ1v) is 21.4. The van der Waals surface area contributed by atoms with Crippen LogP contribution in [-0.2, 0) is 22.7 Å². The summed E-state index contributed by atoms with van der Waals surface area (Å²) in [7, 11) is 0. The highest BCUT2D eigenvalue weighted by atomic mass is 15.1. The van der Waals surface area contributed by atoms with Crippen molar-refractivity contribution in [1.29, 1.82) is 0 Å². The van der Waals surface area contributed by atoms with Crippen LogP contribution in [0.4, 0.5) is 17.1 Å². The van der Waals surface area contributed by atoms with Gasteiger partial charge >= 0.3 is 0 Å². The van der Waals surface area contributed by atoms with Crippen LogP contribution in [0.1, 0.15) is 106 Å². The Morgan fingerprint density at radius 1 is 0.607 bits per heavy atom. The van der Waals surface area contributed by atoms with Gasteiger partial charge in [0.05, 0.1) is 0 Å². The van der Waals surface area contributed by atoms with Gasteiger partial charge in [0.2, 0.25) is 0 Å². The van der Waals surface area contributed by atoms with Gasteiger partial charge in [-0.15, -0.1) is 0 Å². The van der Waals surface area contributed by atoms with E-state index in [1.807, 2.05) is 6.08 Å². The Balaban J connectivity index is 0.979. The molecule has 0 radical (unpaired) electrons. The van der Waals surface area contributed by atoms with Crippen LogP contribution < -0.4 is 4.90 Å². The predicted octanol–water partition coefficient (Wildman–Crippen LogP) is 14.9. The number of unbranched alkanes of at least 4 members (excludes halogenated alkanes) is 1. The van der Waals surface area contributed by atoms with E-state index in [9.17, 15) is 0 Å². The summed E-state index contributed by atoms with van der Waals surface area (Å²) in [6, 6.07) is 53.8. The Morgan fingerprint density at radius 3 is 1.75 bits per heavy atom. The van der Waals surface area contributed by atoms with Crippen molar-refractivity contribution >= 4 is 23.1 Å². The zero-order chi connectivity index (χ0) is 38.1. The molecular weight excluding hydrogens is 675 g/mol. The van der Waals surface area contributed by atoms with Gasteiger partial charge < -0.3 is 4.90 Å². The molecule has 0 N–H and O–H groups in total. The van der Waals surface area contributed by atoms with Crippen molar-refractivity contribution in [2.75, 3.05) is 4.90 Å². The van der Waals surface area contributed by atoms with E-state index < -0.39 is 0 Å². The lowest BCUT2D eigenvalue weighted by atomic mass is 9.42. The molecule has 0 aromatic heterocycles. The lowest BCUT2D eigenvalue weighted by Crippen LogP contribution is -2.55. The summed E-state index contributed by atoms with van der Waals surface area (Å²) in [6.07, 6.45) is 13.6. The zero-order valence-corrected chi connectivity index (χ0v) is 33.5. The van der Waals surface area contributed by atoms with Crippen molar-refractivity contribution in [3.63, 3.8) is 0 Å². The molecule has 1 heteroatoms. The molecule has 0 spiro atoms. The lowest BCUT2D eigenvalue weighted by molar-refractivity contribution is -0.0281. The fourth-order valence-corrected chi connectivity index (χ4v) is 12.2. The molecule has 0 saturated heterocycles. The molecule has 6 aromatic rings. The van der Waals surface area contributed by atoms with E-state index in [1.165, 1.54) is 113 Å². The van der Waals surface area contributed by atoms with Crippen LogP contribution in [0.2, 0.25) is 0 Å². The predicted molar refractivity (Wildman–Crippen MR) is 237 cm³/mol. The first kappa shape index (κ1) is 35.3. The minimum absolute atomic E-state index is 0.0120. The maximum atomic E-state index is 4.01. The number of aryl methyl sites for hydroxylation is 1. The van der Waals surface area contributed by atoms with Gasteiger partial charge in [-0.2, -0.15) is 0 Å². The van der Waals surface area contributed by atoms with Gasteiger partial charge in [0.25, 0.3) is 0 Å². The number of rotatable bonds is 10. The van der Waals surface area contributed by atoms with Gasteiger partial charge in [0.1, 0.15) is 0 Å². The fraction of sp³-hybridized carbons (Fsp3) is 0.309. The van der Waals surface area contributed by atoms with Crippen molar-refractivity contribution in [3.8, 4) is 22.3 Å². The molecule has 0 heterocycles. The highest BCUT2D eigenvalue weighted by Gasteiger charge is 2.58. The standard InChI is InChI=1S/C55H55N/c1-5-7-10-39-15-24-46(25-16-39)56(47-26-17-42(18-27-47)43-19-30-50-49-11-8-9-12-51(49)53(3,4)52(50)32-43)48-28-22-45(23-29-48)55-35-40-31-41(36-55)34-54(33-40,37-55)44-20-13-38(6-2)14-21-44/h6,8-9,11-30,32,40-41H,2,5,7,10,31,33-37H2,1,3-4H3. The largest absolute Gasteiger partial charge is 0.311 e. The molecule has 280 valence electrons. The van der Waals surface area contributed by atoms with Gasteiger partial charge in [-0.3, -0.25) is 0 Å². The van der Waals surface area contributed by atoms with Gasteiger partial charge in [0.15, 0.2) is 0 Å². The van der Waals surface area contributed by atoms with Crippen molar-refractivity contribution in [1.82, 2.24) is 0 Å². The molecule has 4 saturated carbocycles. The normalized spacial score (nSPS) is 23.8. The van der Waals surface area contributed by atoms with Gasteiger partial charge in [-0.05, 0) is 172 Å². The summed E-state index contributed by atoms with van der Waals surface area (Å²) < 4.78 is 0. The number of anilines is 3. The van der Waals surface area contributed by atoms with E-state index in [2.05, 4.69) is 172 Å². The summed E-state index contributed by atoms with van der Waals surface area (Å²) in [5.74, 6) is 1.65.